The minimum Gasteiger partial charge on any atom is -0.321 e. The zero-order chi connectivity index (χ0) is 9.84. The number of hydrogen-bond acceptors (Lipinski definition) is 3. The second-order valence-corrected chi connectivity index (χ2v) is 2.58. The van der Waals surface area contributed by atoms with E-state index in [0.717, 1.165) is 0 Å². The molecule has 1 atom stereocenters. The average Bonchev–Trinajstić information content (AvgIpc) is 2.16. The van der Waals surface area contributed by atoms with Gasteiger partial charge in [-0.05, 0) is 0 Å². The van der Waals surface area contributed by atoms with E-state index in [0.29, 0.717) is 5.56 Å². The first-order chi connectivity index (χ1) is 6.16. The summed E-state index contributed by atoms with van der Waals surface area (Å²) >= 11 is 0. The first-order valence-electron chi connectivity index (χ1n) is 3.78. The maximum absolute atomic E-state index is 10.6. The predicted octanol–water partition coefficient (Wildman–Crippen LogP) is 1.78. The van der Waals surface area contributed by atoms with Gasteiger partial charge in [0.1, 0.15) is 0 Å². The molecule has 0 aliphatic carbocycles. The van der Waals surface area contributed by atoms with Gasteiger partial charge in [0.15, 0.2) is 0 Å². The van der Waals surface area contributed by atoms with Crippen LogP contribution in [0.25, 0.3) is 0 Å². The van der Waals surface area contributed by atoms with E-state index in [-0.39, 0.29) is 5.69 Å². The monoisotopic (exact) mass is 178 g/mol. The van der Waals surface area contributed by atoms with Crippen LogP contribution in [-0.2, 0) is 0 Å². The summed E-state index contributed by atoms with van der Waals surface area (Å²) < 4.78 is 0. The normalized spacial score (nSPS) is 12.1. The van der Waals surface area contributed by atoms with Crippen molar-refractivity contribution in [1.82, 2.24) is 0 Å². The van der Waals surface area contributed by atoms with Crippen LogP contribution in [0.5, 0.6) is 0 Å². The number of nitrogens with zero attached hydrogens (tertiary/aromatic N) is 1. The summed E-state index contributed by atoms with van der Waals surface area (Å²) in [6.07, 6.45) is 1.47. The molecule has 0 heterocycles. The van der Waals surface area contributed by atoms with Crippen LogP contribution in [0, 0.1) is 10.1 Å². The summed E-state index contributed by atoms with van der Waals surface area (Å²) in [5, 5.41) is 10.6. The molecule has 0 aliphatic rings. The lowest BCUT2D eigenvalue weighted by Crippen LogP contribution is -2.08. The van der Waals surface area contributed by atoms with Crippen molar-refractivity contribution < 1.29 is 4.92 Å². The van der Waals surface area contributed by atoms with Gasteiger partial charge in [-0.25, -0.2) is 0 Å². The molecule has 0 spiro atoms. The Hall–Kier alpha value is -1.68. The lowest BCUT2D eigenvalue weighted by molar-refractivity contribution is -0.385. The third-order valence-corrected chi connectivity index (χ3v) is 1.75. The Labute approximate surface area is 75.8 Å². The average molecular weight is 178 g/mol. The Balaban J connectivity index is 3.19. The fourth-order valence-electron chi connectivity index (χ4n) is 1.06. The van der Waals surface area contributed by atoms with E-state index in [1.807, 2.05) is 0 Å². The second kappa shape index (κ2) is 3.82. The Morgan fingerprint density at radius 3 is 2.69 bits per heavy atom. The van der Waals surface area contributed by atoms with Crippen molar-refractivity contribution in [2.75, 3.05) is 0 Å². The van der Waals surface area contributed by atoms with E-state index in [9.17, 15) is 10.1 Å². The zero-order valence-electron chi connectivity index (χ0n) is 7.01. The maximum Gasteiger partial charge on any atom is 0.274 e. The largest absolute Gasteiger partial charge is 0.321 e. The third-order valence-electron chi connectivity index (χ3n) is 1.75. The van der Waals surface area contributed by atoms with E-state index < -0.39 is 11.0 Å². The molecule has 1 rings (SSSR count). The van der Waals surface area contributed by atoms with Crippen LogP contribution in [0.2, 0.25) is 0 Å². The molecule has 4 nitrogen and oxygen atoms in total. The molecule has 0 saturated carbocycles. The Morgan fingerprint density at radius 1 is 1.54 bits per heavy atom. The van der Waals surface area contributed by atoms with Crippen LogP contribution in [0.15, 0.2) is 36.9 Å². The van der Waals surface area contributed by atoms with Gasteiger partial charge < -0.3 is 5.73 Å². The van der Waals surface area contributed by atoms with Crippen LogP contribution in [0.1, 0.15) is 11.6 Å². The van der Waals surface area contributed by atoms with Gasteiger partial charge in [-0.2, -0.15) is 0 Å². The van der Waals surface area contributed by atoms with Crippen molar-refractivity contribution in [2.24, 2.45) is 5.73 Å². The van der Waals surface area contributed by atoms with Gasteiger partial charge in [0.05, 0.1) is 16.5 Å². The minimum atomic E-state index is -0.485. The maximum atomic E-state index is 10.6. The Bertz CT molecular complexity index is 336. The third kappa shape index (κ3) is 1.91. The Kier molecular flexibility index (Phi) is 2.76. The molecule has 0 aliphatic heterocycles. The topological polar surface area (TPSA) is 69.2 Å². The smallest absolute Gasteiger partial charge is 0.274 e. The van der Waals surface area contributed by atoms with Crippen molar-refractivity contribution in [3.8, 4) is 0 Å². The minimum absolute atomic E-state index is 0.0369. The highest BCUT2D eigenvalue weighted by Gasteiger charge is 2.15. The molecular formula is C9H10N2O2. The molecule has 1 aromatic carbocycles. The lowest BCUT2D eigenvalue weighted by Gasteiger charge is -2.05. The summed E-state index contributed by atoms with van der Waals surface area (Å²) in [4.78, 5) is 10.1. The number of nitrogens with two attached hydrogens (primary N) is 1. The number of rotatable bonds is 3. The van der Waals surface area contributed by atoms with E-state index >= 15 is 0 Å². The molecule has 0 saturated heterocycles. The quantitative estimate of drug-likeness (QED) is 0.435. The van der Waals surface area contributed by atoms with Gasteiger partial charge >= 0.3 is 0 Å². The SMILES string of the molecule is C=C[C@H](N)c1ccccc1[N+](=O)[O-]. The highest BCUT2D eigenvalue weighted by Crippen LogP contribution is 2.23. The lowest BCUT2D eigenvalue weighted by atomic mass is 10.1. The molecule has 0 amide bonds. The molecule has 4 heteroatoms. The van der Waals surface area contributed by atoms with Crippen LogP contribution < -0.4 is 5.73 Å². The summed E-state index contributed by atoms with van der Waals surface area (Å²) in [5.41, 5.74) is 6.14. The second-order valence-electron chi connectivity index (χ2n) is 2.58. The van der Waals surface area contributed by atoms with Crippen LogP contribution in [0.4, 0.5) is 5.69 Å². The van der Waals surface area contributed by atoms with Gasteiger partial charge in [-0.1, -0.05) is 24.3 Å². The van der Waals surface area contributed by atoms with Gasteiger partial charge in [-0.15, -0.1) is 6.58 Å². The van der Waals surface area contributed by atoms with Gasteiger partial charge in [0.2, 0.25) is 0 Å². The van der Waals surface area contributed by atoms with E-state index in [4.69, 9.17) is 5.73 Å². The van der Waals surface area contributed by atoms with Gasteiger partial charge in [0.25, 0.3) is 5.69 Å². The van der Waals surface area contributed by atoms with Crippen molar-refractivity contribution in [1.29, 1.82) is 0 Å². The van der Waals surface area contributed by atoms with Crippen molar-refractivity contribution >= 4 is 5.69 Å². The van der Waals surface area contributed by atoms with Crippen LogP contribution in [-0.4, -0.2) is 4.92 Å². The summed E-state index contributed by atoms with van der Waals surface area (Å²) in [6.45, 7) is 3.49. The fourth-order valence-corrected chi connectivity index (χ4v) is 1.06. The zero-order valence-corrected chi connectivity index (χ0v) is 7.01. The van der Waals surface area contributed by atoms with E-state index in [1.165, 1.54) is 12.1 Å². The Morgan fingerprint density at radius 2 is 2.15 bits per heavy atom. The molecule has 0 fully saturated rings. The fraction of sp³-hybridized carbons (Fsp3) is 0.111. The predicted molar refractivity (Wildman–Crippen MR) is 50.2 cm³/mol. The summed E-state index contributed by atoms with van der Waals surface area (Å²) in [6, 6.07) is 5.90. The van der Waals surface area contributed by atoms with Crippen LogP contribution >= 0.6 is 0 Å². The van der Waals surface area contributed by atoms with E-state index in [2.05, 4.69) is 6.58 Å². The van der Waals surface area contributed by atoms with Crippen molar-refractivity contribution in [3.05, 3.63) is 52.6 Å². The molecule has 2 N–H and O–H groups in total. The van der Waals surface area contributed by atoms with E-state index in [1.54, 1.807) is 18.2 Å². The first kappa shape index (κ1) is 9.41. The summed E-state index contributed by atoms with van der Waals surface area (Å²) in [7, 11) is 0. The molecule has 13 heavy (non-hydrogen) atoms. The molecule has 68 valence electrons. The van der Waals surface area contributed by atoms with Gasteiger partial charge in [-0.3, -0.25) is 10.1 Å². The number of hydrogen-bond donors (Lipinski definition) is 1. The summed E-state index contributed by atoms with van der Waals surface area (Å²) in [5.74, 6) is 0. The molecular weight excluding hydrogens is 168 g/mol. The van der Waals surface area contributed by atoms with Crippen molar-refractivity contribution in [2.45, 2.75) is 6.04 Å². The highest BCUT2D eigenvalue weighted by atomic mass is 16.6. The molecule has 0 aromatic heterocycles. The first-order valence-corrected chi connectivity index (χ1v) is 3.78. The van der Waals surface area contributed by atoms with Crippen molar-refractivity contribution in [3.63, 3.8) is 0 Å². The highest BCUT2D eigenvalue weighted by molar-refractivity contribution is 5.43. The number of nitro groups is 1. The number of benzene rings is 1. The number of nitro benzene ring substituents is 1. The number of para-hydroxylation sites is 1. The molecule has 1 aromatic rings. The standard InChI is InChI=1S/C9H10N2O2/c1-2-8(10)7-5-3-4-6-9(7)11(12)13/h2-6,8H,1,10H2/t8-/m0/s1. The molecule has 0 unspecified atom stereocenters. The molecule has 0 bridgehead atoms. The van der Waals surface area contributed by atoms with Gasteiger partial charge in [0, 0.05) is 6.07 Å². The molecule has 0 radical (unpaired) electrons. The van der Waals surface area contributed by atoms with Crippen LogP contribution in [0.3, 0.4) is 0 Å².